The van der Waals surface area contributed by atoms with Gasteiger partial charge in [-0.25, -0.2) is 4.79 Å². The Bertz CT molecular complexity index is 969. The molecule has 1 aliphatic heterocycles. The summed E-state index contributed by atoms with van der Waals surface area (Å²) in [5.41, 5.74) is -2.66. The number of urea groups is 1. The van der Waals surface area contributed by atoms with E-state index in [9.17, 15) is 31.1 Å². The van der Waals surface area contributed by atoms with Gasteiger partial charge in [0, 0.05) is 45.0 Å². The highest BCUT2D eigenvalue weighted by molar-refractivity contribution is 5.89. The van der Waals surface area contributed by atoms with Crippen LogP contribution in [-0.2, 0) is 12.4 Å². The Morgan fingerprint density at radius 1 is 0.943 bits per heavy atom. The molecule has 1 atom stereocenters. The quantitative estimate of drug-likeness (QED) is 0.396. The van der Waals surface area contributed by atoms with Gasteiger partial charge in [0.05, 0.1) is 17.2 Å². The van der Waals surface area contributed by atoms with Gasteiger partial charge in [0.2, 0.25) is 0 Å². The van der Waals surface area contributed by atoms with Crippen LogP contribution in [0.4, 0.5) is 36.8 Å². The third-order valence-electron chi connectivity index (χ3n) is 5.72. The Morgan fingerprint density at radius 2 is 1.51 bits per heavy atom. The average molecular weight is 500 g/mol. The van der Waals surface area contributed by atoms with Crippen molar-refractivity contribution in [3.05, 3.63) is 77.9 Å². The smallest absolute Gasteiger partial charge is 0.336 e. The third kappa shape index (κ3) is 7.46. The van der Waals surface area contributed by atoms with Crippen molar-refractivity contribution in [3.63, 3.8) is 0 Å². The molecule has 35 heavy (non-hydrogen) atoms. The van der Waals surface area contributed by atoms with E-state index in [1.807, 2.05) is 36.4 Å². The van der Waals surface area contributed by atoms with Crippen LogP contribution in [0.15, 0.2) is 61.2 Å². The maximum absolute atomic E-state index is 13.1. The molecule has 0 radical (unpaired) electrons. The molecule has 5 nitrogen and oxygen atoms in total. The minimum absolute atomic E-state index is 0.0144. The maximum atomic E-state index is 13.1. The van der Waals surface area contributed by atoms with Gasteiger partial charge in [-0.1, -0.05) is 36.4 Å². The monoisotopic (exact) mass is 500 g/mol. The van der Waals surface area contributed by atoms with Crippen LogP contribution in [0.25, 0.3) is 0 Å². The number of anilines is 1. The fraction of sp³-hybridized carbons (Fsp3) is 0.375. The van der Waals surface area contributed by atoms with Gasteiger partial charge in [-0.3, -0.25) is 9.80 Å². The first-order valence-electron chi connectivity index (χ1n) is 10.9. The van der Waals surface area contributed by atoms with Gasteiger partial charge in [-0.2, -0.15) is 26.3 Å². The third-order valence-corrected chi connectivity index (χ3v) is 5.72. The lowest BCUT2D eigenvalue weighted by Gasteiger charge is -2.39. The normalized spacial score (nSPS) is 16.5. The molecule has 0 bridgehead atoms. The zero-order valence-electron chi connectivity index (χ0n) is 18.8. The second kappa shape index (κ2) is 11.1. The molecule has 2 amide bonds. The first-order chi connectivity index (χ1) is 16.5. The van der Waals surface area contributed by atoms with E-state index in [4.69, 9.17) is 0 Å². The van der Waals surface area contributed by atoms with Crippen molar-refractivity contribution in [2.75, 3.05) is 44.6 Å². The number of benzene rings is 2. The highest BCUT2D eigenvalue weighted by Gasteiger charge is 2.37. The summed E-state index contributed by atoms with van der Waals surface area (Å²) in [6, 6.07) is 9.23. The van der Waals surface area contributed by atoms with Crippen molar-refractivity contribution in [2.24, 2.45) is 0 Å². The Labute approximate surface area is 199 Å². The number of piperazine rings is 1. The molecule has 11 heteroatoms. The van der Waals surface area contributed by atoms with E-state index < -0.39 is 35.2 Å². The van der Waals surface area contributed by atoms with Crippen molar-refractivity contribution in [3.8, 4) is 0 Å². The summed E-state index contributed by atoms with van der Waals surface area (Å²) in [6.45, 7) is 7.66. The molecule has 1 fully saturated rings. The van der Waals surface area contributed by atoms with Crippen LogP contribution in [0.1, 0.15) is 22.7 Å². The Balaban J connectivity index is 1.72. The lowest BCUT2D eigenvalue weighted by molar-refractivity contribution is -0.143. The van der Waals surface area contributed by atoms with E-state index in [2.05, 4.69) is 27.0 Å². The molecule has 1 aliphatic rings. The summed E-state index contributed by atoms with van der Waals surface area (Å²) >= 11 is 0. The Kier molecular flexibility index (Phi) is 8.44. The van der Waals surface area contributed by atoms with Gasteiger partial charge in [0.15, 0.2) is 0 Å². The predicted molar refractivity (Wildman–Crippen MR) is 121 cm³/mol. The van der Waals surface area contributed by atoms with Crippen LogP contribution < -0.4 is 10.6 Å². The van der Waals surface area contributed by atoms with E-state index in [0.717, 1.165) is 38.3 Å². The number of nitrogens with one attached hydrogen (secondary N) is 2. The standard InChI is InChI=1S/C24H26F6N4O/c1-2-8-33-9-11-34(12-10-33)21(17-6-4-3-5-7-17)16-31-22(35)32-20-14-18(23(25,26)27)13-19(15-20)24(28,29)30/h2-7,13-15,21H,1,8-12,16H2,(H2,31,32,35). The number of nitrogens with zero attached hydrogens (tertiary/aromatic N) is 2. The van der Waals surface area contributed by atoms with Crippen molar-refractivity contribution in [2.45, 2.75) is 18.4 Å². The van der Waals surface area contributed by atoms with Gasteiger partial charge < -0.3 is 10.6 Å². The van der Waals surface area contributed by atoms with Crippen molar-refractivity contribution in [1.82, 2.24) is 15.1 Å². The number of carbonyl (C=O) groups excluding carboxylic acids is 1. The number of halogens is 6. The fourth-order valence-electron chi connectivity index (χ4n) is 3.96. The minimum atomic E-state index is -5.00. The molecule has 0 aromatic heterocycles. The predicted octanol–water partition coefficient (Wildman–Crippen LogP) is 5.39. The van der Waals surface area contributed by atoms with Gasteiger partial charge >= 0.3 is 18.4 Å². The molecule has 1 unspecified atom stereocenters. The summed E-state index contributed by atoms with van der Waals surface area (Å²) in [5, 5.41) is 4.71. The summed E-state index contributed by atoms with van der Waals surface area (Å²) < 4.78 is 78.5. The number of alkyl halides is 6. The summed E-state index contributed by atoms with van der Waals surface area (Å²) in [7, 11) is 0. The molecule has 2 aromatic carbocycles. The molecule has 3 rings (SSSR count). The Hall–Kier alpha value is -3.05. The van der Waals surface area contributed by atoms with Gasteiger partial charge in [-0.15, -0.1) is 6.58 Å². The van der Waals surface area contributed by atoms with Crippen LogP contribution in [0.3, 0.4) is 0 Å². The number of amides is 2. The van der Waals surface area contributed by atoms with Crippen LogP contribution >= 0.6 is 0 Å². The second-order valence-corrected chi connectivity index (χ2v) is 8.18. The zero-order chi connectivity index (χ0) is 25.6. The molecule has 0 saturated carbocycles. The zero-order valence-corrected chi connectivity index (χ0v) is 18.8. The van der Waals surface area contributed by atoms with Crippen LogP contribution in [0.2, 0.25) is 0 Å². The van der Waals surface area contributed by atoms with Crippen LogP contribution in [0.5, 0.6) is 0 Å². The molecule has 190 valence electrons. The first-order valence-corrected chi connectivity index (χ1v) is 10.9. The number of rotatable bonds is 7. The van der Waals surface area contributed by atoms with E-state index in [1.165, 1.54) is 0 Å². The molecule has 1 saturated heterocycles. The summed E-state index contributed by atoms with van der Waals surface area (Å²) in [6.07, 6.45) is -8.17. The van der Waals surface area contributed by atoms with E-state index in [-0.39, 0.29) is 18.7 Å². The SMILES string of the molecule is C=CCN1CCN(C(CNC(=O)Nc2cc(C(F)(F)F)cc(C(F)(F)F)c2)c2ccccc2)CC1. The molecular formula is C24H26F6N4O. The molecule has 1 heterocycles. The van der Waals surface area contributed by atoms with Gasteiger partial charge in [0.1, 0.15) is 0 Å². The van der Waals surface area contributed by atoms with E-state index >= 15 is 0 Å². The molecule has 2 aromatic rings. The Morgan fingerprint density at radius 3 is 2.03 bits per heavy atom. The van der Waals surface area contributed by atoms with Gasteiger partial charge in [-0.05, 0) is 23.8 Å². The second-order valence-electron chi connectivity index (χ2n) is 8.18. The molecular weight excluding hydrogens is 474 g/mol. The molecule has 0 spiro atoms. The largest absolute Gasteiger partial charge is 0.416 e. The average Bonchev–Trinajstić information content (AvgIpc) is 2.80. The molecule has 0 aliphatic carbocycles. The van der Waals surface area contributed by atoms with Crippen molar-refractivity contribution in [1.29, 1.82) is 0 Å². The van der Waals surface area contributed by atoms with Crippen molar-refractivity contribution < 1.29 is 31.1 Å². The van der Waals surface area contributed by atoms with Crippen LogP contribution in [0, 0.1) is 0 Å². The maximum Gasteiger partial charge on any atom is 0.416 e. The van der Waals surface area contributed by atoms with E-state index in [0.29, 0.717) is 12.1 Å². The fourth-order valence-corrected chi connectivity index (χ4v) is 3.96. The number of hydrogen-bond acceptors (Lipinski definition) is 3. The topological polar surface area (TPSA) is 47.6 Å². The lowest BCUT2D eigenvalue weighted by atomic mass is 10.0. The summed E-state index contributed by atoms with van der Waals surface area (Å²) in [4.78, 5) is 16.9. The summed E-state index contributed by atoms with van der Waals surface area (Å²) in [5.74, 6) is 0. The van der Waals surface area contributed by atoms with E-state index in [1.54, 1.807) is 0 Å². The first kappa shape index (κ1) is 26.6. The van der Waals surface area contributed by atoms with Crippen molar-refractivity contribution >= 4 is 11.7 Å². The highest BCUT2D eigenvalue weighted by Crippen LogP contribution is 2.37. The molecule has 2 N–H and O–H groups in total. The highest BCUT2D eigenvalue weighted by atomic mass is 19.4. The number of hydrogen-bond donors (Lipinski definition) is 2. The minimum Gasteiger partial charge on any atom is -0.336 e. The number of carbonyl (C=O) groups is 1. The van der Waals surface area contributed by atoms with Crippen LogP contribution in [-0.4, -0.2) is 55.1 Å². The lowest BCUT2D eigenvalue weighted by Crippen LogP contribution is -2.50. The van der Waals surface area contributed by atoms with Gasteiger partial charge in [0.25, 0.3) is 0 Å².